The van der Waals surface area contributed by atoms with Gasteiger partial charge >= 0.3 is 0 Å². The number of nitrogens with two attached hydrogens (primary N) is 1. The van der Waals surface area contributed by atoms with Crippen LogP contribution in [0.15, 0.2) is 24.3 Å². The van der Waals surface area contributed by atoms with Gasteiger partial charge in [0.15, 0.2) is 0 Å². The van der Waals surface area contributed by atoms with E-state index >= 15 is 0 Å². The zero-order valence-electron chi connectivity index (χ0n) is 11.6. The highest BCUT2D eigenvalue weighted by Gasteiger charge is 2.28. The normalized spacial score (nSPS) is 25.7. The lowest BCUT2D eigenvalue weighted by Crippen LogP contribution is -2.55. The van der Waals surface area contributed by atoms with E-state index < -0.39 is 0 Å². The molecule has 0 aliphatic carbocycles. The minimum atomic E-state index is -0.178. The van der Waals surface area contributed by atoms with Gasteiger partial charge in [0.05, 0.1) is 0 Å². The van der Waals surface area contributed by atoms with Gasteiger partial charge < -0.3 is 5.73 Å². The molecule has 0 spiro atoms. The van der Waals surface area contributed by atoms with Crippen molar-refractivity contribution in [1.82, 2.24) is 9.80 Å². The summed E-state index contributed by atoms with van der Waals surface area (Å²) in [6, 6.07) is 7.67. The molecule has 1 heterocycles. The van der Waals surface area contributed by atoms with E-state index in [-0.39, 0.29) is 5.82 Å². The largest absolute Gasteiger partial charge is 0.325 e. The third kappa shape index (κ3) is 3.75. The Morgan fingerprint density at radius 3 is 2.53 bits per heavy atom. The number of piperazine rings is 1. The molecule has 1 fully saturated rings. The predicted octanol–water partition coefficient (Wildman–Crippen LogP) is 2.00. The van der Waals surface area contributed by atoms with Crippen LogP contribution in [0.2, 0.25) is 0 Å². The molecule has 19 heavy (non-hydrogen) atoms. The summed E-state index contributed by atoms with van der Waals surface area (Å²) in [5, 5.41) is 0. The molecule has 2 radical (unpaired) electrons. The van der Waals surface area contributed by atoms with Gasteiger partial charge in [-0.2, -0.15) is 0 Å². The average molecular weight is 263 g/mol. The third-order valence-corrected chi connectivity index (χ3v) is 3.74. The van der Waals surface area contributed by atoms with E-state index in [1.807, 2.05) is 18.7 Å². The minimum absolute atomic E-state index is 0.178. The third-order valence-electron chi connectivity index (χ3n) is 3.74. The van der Waals surface area contributed by atoms with Crippen molar-refractivity contribution >= 4 is 0 Å². The van der Waals surface area contributed by atoms with E-state index in [1.165, 1.54) is 12.1 Å². The minimum Gasteiger partial charge on any atom is -0.325 e. The van der Waals surface area contributed by atoms with Gasteiger partial charge in [0.2, 0.25) is 0 Å². The molecule has 0 bridgehead atoms. The van der Waals surface area contributed by atoms with Crippen LogP contribution < -0.4 is 5.73 Å². The Morgan fingerprint density at radius 1 is 1.21 bits per heavy atom. The molecule has 0 unspecified atom stereocenters. The fraction of sp³-hybridized carbons (Fsp3) is 0.467. The lowest BCUT2D eigenvalue weighted by molar-refractivity contribution is 0.0577. The predicted molar refractivity (Wildman–Crippen MR) is 75.2 cm³/mol. The Hall–Kier alpha value is -0.970. The molecule has 0 amide bonds. The molecule has 1 aromatic carbocycles. The maximum atomic E-state index is 12.9. The van der Waals surface area contributed by atoms with Crippen molar-refractivity contribution in [2.45, 2.75) is 32.5 Å². The maximum Gasteiger partial charge on any atom is 0.123 e. The summed E-state index contributed by atoms with van der Waals surface area (Å²) in [5.41, 5.74) is 6.62. The van der Waals surface area contributed by atoms with Crippen molar-refractivity contribution in [2.24, 2.45) is 5.73 Å². The van der Waals surface area contributed by atoms with E-state index in [2.05, 4.69) is 23.6 Å². The molecule has 2 rings (SSSR count). The fourth-order valence-corrected chi connectivity index (χ4v) is 2.59. The molecular weight excluding hydrogens is 241 g/mol. The van der Waals surface area contributed by atoms with Crippen LogP contribution in [0.4, 0.5) is 4.39 Å². The van der Waals surface area contributed by atoms with Gasteiger partial charge in [-0.15, -0.1) is 0 Å². The molecule has 4 heteroatoms. The second-order valence-electron chi connectivity index (χ2n) is 5.29. The van der Waals surface area contributed by atoms with Gasteiger partial charge in [-0.25, -0.2) is 4.39 Å². The standard InChI is InChI=1S/C15H22FN3/c1-12-10-19(13(2)9-18(12)8-7-17)11-14-3-5-15(16)6-4-14/h3-8,12-13H,9-11,17H2,1-2H3/t12-,13+/m1/s1. The Morgan fingerprint density at radius 2 is 1.89 bits per heavy atom. The number of benzene rings is 1. The van der Waals surface area contributed by atoms with Crippen molar-refractivity contribution in [1.29, 1.82) is 0 Å². The average Bonchev–Trinajstić information content (AvgIpc) is 2.38. The molecule has 1 aromatic rings. The van der Waals surface area contributed by atoms with Gasteiger partial charge in [0, 0.05) is 44.8 Å². The molecule has 0 saturated carbocycles. The molecule has 2 atom stereocenters. The highest BCUT2D eigenvalue weighted by atomic mass is 19.1. The second kappa shape index (κ2) is 6.46. The molecule has 1 saturated heterocycles. The van der Waals surface area contributed by atoms with Crippen molar-refractivity contribution < 1.29 is 4.39 Å². The summed E-state index contributed by atoms with van der Waals surface area (Å²) in [7, 11) is 0. The summed E-state index contributed by atoms with van der Waals surface area (Å²) >= 11 is 0. The first-order valence-electron chi connectivity index (χ1n) is 6.73. The Labute approximate surface area is 115 Å². The van der Waals surface area contributed by atoms with Gasteiger partial charge in [0.25, 0.3) is 0 Å². The van der Waals surface area contributed by atoms with E-state index in [0.29, 0.717) is 12.1 Å². The van der Waals surface area contributed by atoms with Crippen LogP contribution in [-0.4, -0.2) is 35.0 Å². The number of hydrogen-bond acceptors (Lipinski definition) is 3. The maximum absolute atomic E-state index is 12.9. The van der Waals surface area contributed by atoms with E-state index in [9.17, 15) is 4.39 Å². The molecule has 2 N–H and O–H groups in total. The second-order valence-corrected chi connectivity index (χ2v) is 5.29. The Kier molecular flexibility index (Phi) is 4.91. The summed E-state index contributed by atoms with van der Waals surface area (Å²) < 4.78 is 12.9. The van der Waals surface area contributed by atoms with Gasteiger partial charge in [-0.1, -0.05) is 12.1 Å². The quantitative estimate of drug-likeness (QED) is 0.902. The van der Waals surface area contributed by atoms with Crippen LogP contribution in [-0.2, 0) is 6.54 Å². The van der Waals surface area contributed by atoms with Crippen molar-refractivity contribution in [3.63, 3.8) is 0 Å². The highest BCUT2D eigenvalue weighted by Crippen LogP contribution is 2.19. The van der Waals surface area contributed by atoms with Gasteiger partial charge in [-0.05, 0) is 31.5 Å². The van der Waals surface area contributed by atoms with E-state index in [0.717, 1.165) is 25.2 Å². The number of nitrogens with zero attached hydrogens (tertiary/aromatic N) is 2. The zero-order valence-corrected chi connectivity index (χ0v) is 11.6. The lowest BCUT2D eigenvalue weighted by atomic mass is 10.1. The van der Waals surface area contributed by atoms with Crippen LogP contribution in [0.3, 0.4) is 0 Å². The smallest absolute Gasteiger partial charge is 0.123 e. The number of hydrogen-bond donors (Lipinski definition) is 1. The first-order valence-corrected chi connectivity index (χ1v) is 6.73. The summed E-state index contributed by atoms with van der Waals surface area (Å²) in [6.45, 7) is 10.8. The van der Waals surface area contributed by atoms with Crippen molar-refractivity contribution in [3.05, 3.63) is 48.7 Å². The zero-order chi connectivity index (χ0) is 13.8. The first-order chi connectivity index (χ1) is 9.10. The van der Waals surface area contributed by atoms with Crippen LogP contribution in [0.5, 0.6) is 0 Å². The topological polar surface area (TPSA) is 32.5 Å². The highest BCUT2D eigenvalue weighted by molar-refractivity contribution is 5.16. The van der Waals surface area contributed by atoms with Gasteiger partial charge in [0.1, 0.15) is 5.82 Å². The van der Waals surface area contributed by atoms with E-state index in [1.54, 1.807) is 6.54 Å². The van der Waals surface area contributed by atoms with Crippen molar-refractivity contribution in [2.75, 3.05) is 13.1 Å². The van der Waals surface area contributed by atoms with Crippen LogP contribution in [0.1, 0.15) is 19.4 Å². The van der Waals surface area contributed by atoms with Gasteiger partial charge in [-0.3, -0.25) is 9.80 Å². The summed E-state index contributed by atoms with van der Waals surface area (Å²) in [4.78, 5) is 4.70. The fourth-order valence-electron chi connectivity index (χ4n) is 2.59. The van der Waals surface area contributed by atoms with Crippen LogP contribution >= 0.6 is 0 Å². The first kappa shape index (κ1) is 14.4. The van der Waals surface area contributed by atoms with E-state index in [4.69, 9.17) is 5.73 Å². The molecule has 3 nitrogen and oxygen atoms in total. The summed E-state index contributed by atoms with van der Waals surface area (Å²) in [6.07, 6.45) is 0. The van der Waals surface area contributed by atoms with Crippen LogP contribution in [0.25, 0.3) is 0 Å². The monoisotopic (exact) mass is 263 g/mol. The molecule has 1 aliphatic heterocycles. The number of halogens is 1. The lowest BCUT2D eigenvalue weighted by Gasteiger charge is -2.43. The molecule has 1 aliphatic rings. The molecule has 104 valence electrons. The molecule has 0 aromatic heterocycles. The summed E-state index contributed by atoms with van der Waals surface area (Å²) in [5.74, 6) is -0.178. The SMILES string of the molecule is C[C@@H]1CN(Cc2ccc(F)cc2)[C@@H](C)CN1[CH][CH]N. The Bertz CT molecular complexity index is 393. The number of rotatable bonds is 4. The Balaban J connectivity index is 1.96. The van der Waals surface area contributed by atoms with Crippen molar-refractivity contribution in [3.8, 4) is 0 Å². The van der Waals surface area contributed by atoms with Crippen LogP contribution in [0, 0.1) is 18.9 Å². The molecular formula is C15H22FN3.